The fraction of sp³-hybridized carbons (Fsp3) is 0.800. The Hall–Kier alpha value is -1.39. The average Bonchev–Trinajstić information content (AvgIpc) is 2.89. The van der Waals surface area contributed by atoms with Crippen LogP contribution in [0.5, 0.6) is 0 Å². The van der Waals surface area contributed by atoms with Crippen LogP contribution < -0.4 is 0 Å². The Morgan fingerprint density at radius 2 is 1.90 bits per heavy atom. The lowest BCUT2D eigenvalue weighted by Gasteiger charge is -2.56. The highest BCUT2D eigenvalue weighted by atomic mass is 16.2. The summed E-state index contributed by atoms with van der Waals surface area (Å²) < 4.78 is 0. The number of carbonyl (C=O) groups excluding carboxylic acids is 1. The molecule has 4 fully saturated rings. The van der Waals surface area contributed by atoms with Crippen LogP contribution in [0.2, 0.25) is 0 Å². The number of H-pyrrole nitrogens is 1. The molecule has 5 nitrogen and oxygen atoms in total. The van der Waals surface area contributed by atoms with Crippen molar-refractivity contribution in [3.05, 3.63) is 12.2 Å². The van der Waals surface area contributed by atoms with Gasteiger partial charge in [-0.05, 0) is 56.3 Å². The van der Waals surface area contributed by atoms with Gasteiger partial charge in [0, 0.05) is 7.05 Å². The molecule has 4 saturated carbocycles. The fourth-order valence-electron chi connectivity index (χ4n) is 5.38. The molecule has 0 saturated heterocycles. The summed E-state index contributed by atoms with van der Waals surface area (Å²) in [6, 6.07) is 0. The van der Waals surface area contributed by atoms with Crippen molar-refractivity contribution < 1.29 is 4.79 Å². The lowest BCUT2D eigenvalue weighted by atomic mass is 9.49. The van der Waals surface area contributed by atoms with Crippen LogP contribution in [0, 0.1) is 23.2 Å². The quantitative estimate of drug-likeness (QED) is 0.916. The van der Waals surface area contributed by atoms with Gasteiger partial charge in [0.1, 0.15) is 12.2 Å². The Morgan fingerprint density at radius 1 is 1.30 bits per heavy atom. The molecule has 1 N–H and O–H groups in total. The Labute approximate surface area is 119 Å². The topological polar surface area (TPSA) is 61.9 Å². The van der Waals surface area contributed by atoms with Gasteiger partial charge < -0.3 is 4.90 Å². The maximum Gasteiger partial charge on any atom is 0.228 e. The number of hydrogen-bond donors (Lipinski definition) is 1. The van der Waals surface area contributed by atoms with E-state index < -0.39 is 0 Å². The van der Waals surface area contributed by atoms with Gasteiger partial charge in [0.15, 0.2) is 0 Å². The SMILES string of the molecule is CN(Cc1ncn[nH]1)C(=O)C12CC3CC(CC(C3)C1)C2. The zero-order chi connectivity index (χ0) is 13.7. The lowest BCUT2D eigenvalue weighted by Crippen LogP contribution is -2.53. The van der Waals surface area contributed by atoms with Crippen LogP contribution in [-0.2, 0) is 11.3 Å². The van der Waals surface area contributed by atoms with Crippen LogP contribution in [0.1, 0.15) is 44.3 Å². The summed E-state index contributed by atoms with van der Waals surface area (Å²) in [7, 11) is 1.91. The Balaban J connectivity index is 1.53. The van der Waals surface area contributed by atoms with Gasteiger partial charge in [-0.15, -0.1) is 0 Å². The molecule has 5 heteroatoms. The van der Waals surface area contributed by atoms with Crippen LogP contribution in [0.3, 0.4) is 0 Å². The third-order valence-electron chi connectivity index (χ3n) is 5.69. The van der Waals surface area contributed by atoms with Gasteiger partial charge in [-0.1, -0.05) is 0 Å². The van der Waals surface area contributed by atoms with Crippen molar-refractivity contribution >= 4 is 5.91 Å². The number of amides is 1. The van der Waals surface area contributed by atoms with Crippen molar-refractivity contribution in [1.82, 2.24) is 20.1 Å². The van der Waals surface area contributed by atoms with Gasteiger partial charge in [0.05, 0.1) is 12.0 Å². The van der Waals surface area contributed by atoms with Crippen molar-refractivity contribution in [2.24, 2.45) is 23.2 Å². The van der Waals surface area contributed by atoms with E-state index in [4.69, 9.17) is 0 Å². The van der Waals surface area contributed by atoms with Gasteiger partial charge in [-0.2, -0.15) is 5.10 Å². The second-order valence-corrected chi connectivity index (χ2v) is 7.29. The van der Waals surface area contributed by atoms with Crippen molar-refractivity contribution in [3.8, 4) is 0 Å². The number of hydrogen-bond acceptors (Lipinski definition) is 3. The van der Waals surface area contributed by atoms with E-state index in [2.05, 4.69) is 15.2 Å². The number of aromatic nitrogens is 3. The number of carbonyl (C=O) groups is 1. The molecule has 1 amide bonds. The monoisotopic (exact) mass is 274 g/mol. The third kappa shape index (κ3) is 1.86. The number of rotatable bonds is 3. The smallest absolute Gasteiger partial charge is 0.228 e. The second kappa shape index (κ2) is 4.30. The first-order valence-electron chi connectivity index (χ1n) is 7.74. The number of aromatic amines is 1. The average molecular weight is 274 g/mol. The summed E-state index contributed by atoms with van der Waals surface area (Å²) in [5.41, 5.74) is -0.0521. The van der Waals surface area contributed by atoms with E-state index in [0.29, 0.717) is 12.5 Å². The molecule has 1 aromatic heterocycles. The highest BCUT2D eigenvalue weighted by Crippen LogP contribution is 2.60. The zero-order valence-electron chi connectivity index (χ0n) is 12.0. The van der Waals surface area contributed by atoms with Crippen LogP contribution in [0.4, 0.5) is 0 Å². The molecule has 0 spiro atoms. The predicted octanol–water partition coefficient (Wildman–Crippen LogP) is 1.98. The van der Waals surface area contributed by atoms with E-state index in [0.717, 1.165) is 42.8 Å². The van der Waals surface area contributed by atoms with E-state index >= 15 is 0 Å². The molecule has 108 valence electrons. The predicted molar refractivity (Wildman–Crippen MR) is 73.5 cm³/mol. The molecule has 0 atom stereocenters. The first kappa shape index (κ1) is 12.4. The Kier molecular flexibility index (Phi) is 2.66. The zero-order valence-corrected chi connectivity index (χ0v) is 12.0. The molecule has 20 heavy (non-hydrogen) atoms. The van der Waals surface area contributed by atoms with Gasteiger partial charge in [0.2, 0.25) is 5.91 Å². The summed E-state index contributed by atoms with van der Waals surface area (Å²) >= 11 is 0. The largest absolute Gasteiger partial charge is 0.338 e. The summed E-state index contributed by atoms with van der Waals surface area (Å²) in [5.74, 6) is 3.54. The highest BCUT2D eigenvalue weighted by molar-refractivity contribution is 5.83. The van der Waals surface area contributed by atoms with Crippen LogP contribution in [-0.4, -0.2) is 33.0 Å². The van der Waals surface area contributed by atoms with Crippen molar-refractivity contribution in [2.75, 3.05) is 7.05 Å². The fourth-order valence-corrected chi connectivity index (χ4v) is 5.38. The van der Waals surface area contributed by atoms with Crippen LogP contribution in [0.25, 0.3) is 0 Å². The Morgan fingerprint density at radius 3 is 2.40 bits per heavy atom. The normalized spacial score (nSPS) is 38.1. The second-order valence-electron chi connectivity index (χ2n) is 7.29. The van der Waals surface area contributed by atoms with Crippen LogP contribution in [0.15, 0.2) is 6.33 Å². The first-order chi connectivity index (χ1) is 9.64. The minimum Gasteiger partial charge on any atom is -0.338 e. The number of nitrogens with one attached hydrogen (secondary N) is 1. The lowest BCUT2D eigenvalue weighted by molar-refractivity contribution is -0.156. The molecule has 0 unspecified atom stereocenters. The molecule has 5 rings (SSSR count). The highest BCUT2D eigenvalue weighted by Gasteiger charge is 2.55. The maximum absolute atomic E-state index is 13.0. The van der Waals surface area contributed by atoms with Crippen LogP contribution >= 0.6 is 0 Å². The van der Waals surface area contributed by atoms with E-state index in [9.17, 15) is 4.79 Å². The van der Waals surface area contributed by atoms with E-state index in [-0.39, 0.29) is 5.41 Å². The molecular weight excluding hydrogens is 252 g/mol. The standard InChI is InChI=1S/C15H22N4O/c1-19(8-13-16-9-17-18-13)14(20)15-5-10-2-11(6-15)4-12(3-10)7-15/h9-12H,2-8H2,1H3,(H,16,17,18). The third-order valence-corrected chi connectivity index (χ3v) is 5.69. The minimum absolute atomic E-state index is 0.0521. The van der Waals surface area contributed by atoms with Gasteiger partial charge in [0.25, 0.3) is 0 Å². The molecule has 0 radical (unpaired) electrons. The van der Waals surface area contributed by atoms with E-state index in [1.165, 1.54) is 25.6 Å². The summed E-state index contributed by atoms with van der Waals surface area (Å²) in [4.78, 5) is 19.0. The Bertz CT molecular complexity index is 475. The molecule has 0 aliphatic heterocycles. The molecule has 4 aliphatic carbocycles. The van der Waals surface area contributed by atoms with Gasteiger partial charge in [-0.3, -0.25) is 9.89 Å². The molecule has 1 heterocycles. The maximum atomic E-state index is 13.0. The first-order valence-corrected chi connectivity index (χ1v) is 7.74. The summed E-state index contributed by atoms with van der Waals surface area (Å²) in [6.07, 6.45) is 8.99. The van der Waals surface area contributed by atoms with E-state index in [1.807, 2.05) is 11.9 Å². The minimum atomic E-state index is -0.0521. The molecule has 4 aliphatic rings. The van der Waals surface area contributed by atoms with Crippen molar-refractivity contribution in [1.29, 1.82) is 0 Å². The molecule has 1 aromatic rings. The molecule has 0 aromatic carbocycles. The number of nitrogens with zero attached hydrogens (tertiary/aromatic N) is 3. The van der Waals surface area contributed by atoms with E-state index in [1.54, 1.807) is 0 Å². The molecule has 4 bridgehead atoms. The van der Waals surface area contributed by atoms with Crippen molar-refractivity contribution in [2.45, 2.75) is 45.1 Å². The summed E-state index contributed by atoms with van der Waals surface area (Å²) in [5, 5.41) is 6.69. The molecular formula is C15H22N4O. The van der Waals surface area contributed by atoms with Crippen molar-refractivity contribution in [3.63, 3.8) is 0 Å². The summed E-state index contributed by atoms with van der Waals surface area (Å²) in [6.45, 7) is 0.542. The van der Waals surface area contributed by atoms with Gasteiger partial charge in [-0.25, -0.2) is 4.98 Å². The van der Waals surface area contributed by atoms with Gasteiger partial charge >= 0.3 is 0 Å².